The molecule has 0 aliphatic carbocycles. The molecule has 1 amide bonds. The van der Waals surface area contributed by atoms with Crippen molar-refractivity contribution in [1.82, 2.24) is 5.32 Å². The standard InChI is InChI=1S/C17H18ClNO3S/c1-2-22-16(21)10-9-15(20)19-17(14-4-3-11-23-14)12-5-7-13(18)8-6-12/h3-8,11,17H,2,9-10H2,1H3,(H,19,20). The van der Waals surface area contributed by atoms with Gasteiger partial charge in [0.05, 0.1) is 19.1 Å². The smallest absolute Gasteiger partial charge is 0.306 e. The highest BCUT2D eigenvalue weighted by molar-refractivity contribution is 7.10. The van der Waals surface area contributed by atoms with Gasteiger partial charge < -0.3 is 10.1 Å². The first kappa shape index (κ1) is 17.5. The van der Waals surface area contributed by atoms with Crippen molar-refractivity contribution in [2.45, 2.75) is 25.8 Å². The Morgan fingerprint density at radius 2 is 1.96 bits per heavy atom. The molecule has 0 aliphatic heterocycles. The molecule has 0 saturated heterocycles. The maximum absolute atomic E-state index is 12.2. The molecule has 4 nitrogen and oxygen atoms in total. The molecule has 122 valence electrons. The van der Waals surface area contributed by atoms with Crippen LogP contribution < -0.4 is 5.32 Å². The Morgan fingerprint density at radius 1 is 1.22 bits per heavy atom. The number of carbonyl (C=O) groups excluding carboxylic acids is 2. The molecule has 1 N–H and O–H groups in total. The Hall–Kier alpha value is -1.85. The van der Waals surface area contributed by atoms with E-state index in [9.17, 15) is 9.59 Å². The number of hydrogen-bond acceptors (Lipinski definition) is 4. The number of rotatable bonds is 7. The fourth-order valence-corrected chi connectivity index (χ4v) is 3.04. The third-order valence-corrected chi connectivity index (χ3v) is 4.39. The molecule has 23 heavy (non-hydrogen) atoms. The van der Waals surface area contributed by atoms with Crippen molar-refractivity contribution < 1.29 is 14.3 Å². The van der Waals surface area contributed by atoms with Gasteiger partial charge in [-0.15, -0.1) is 11.3 Å². The molecule has 6 heteroatoms. The summed E-state index contributed by atoms with van der Waals surface area (Å²) in [5.74, 6) is -0.548. The fourth-order valence-electron chi connectivity index (χ4n) is 2.11. The van der Waals surface area contributed by atoms with Crippen LogP contribution in [0.3, 0.4) is 0 Å². The van der Waals surface area contributed by atoms with Crippen molar-refractivity contribution in [3.63, 3.8) is 0 Å². The zero-order chi connectivity index (χ0) is 16.7. The van der Waals surface area contributed by atoms with Gasteiger partial charge in [-0.1, -0.05) is 29.8 Å². The van der Waals surface area contributed by atoms with Crippen LogP contribution in [0.1, 0.15) is 36.2 Å². The average molecular weight is 352 g/mol. The molecule has 0 bridgehead atoms. The van der Waals surface area contributed by atoms with E-state index in [-0.39, 0.29) is 30.8 Å². The maximum atomic E-state index is 12.2. The molecule has 1 aromatic heterocycles. The summed E-state index contributed by atoms with van der Waals surface area (Å²) in [6.45, 7) is 2.06. The van der Waals surface area contributed by atoms with Crippen molar-refractivity contribution >= 4 is 34.8 Å². The Balaban J connectivity index is 2.05. The van der Waals surface area contributed by atoms with Crippen LogP contribution in [0.15, 0.2) is 41.8 Å². The lowest BCUT2D eigenvalue weighted by Crippen LogP contribution is -2.29. The van der Waals surface area contributed by atoms with E-state index in [1.54, 1.807) is 30.4 Å². The number of amides is 1. The fraction of sp³-hybridized carbons (Fsp3) is 0.294. The predicted molar refractivity (Wildman–Crippen MR) is 91.6 cm³/mol. The van der Waals surface area contributed by atoms with E-state index >= 15 is 0 Å². The van der Waals surface area contributed by atoms with E-state index in [4.69, 9.17) is 16.3 Å². The van der Waals surface area contributed by atoms with E-state index in [2.05, 4.69) is 5.32 Å². The second-order valence-electron chi connectivity index (χ2n) is 4.87. The predicted octanol–water partition coefficient (Wildman–Crippen LogP) is 3.95. The van der Waals surface area contributed by atoms with Crippen molar-refractivity contribution in [2.75, 3.05) is 6.61 Å². The Bertz CT molecular complexity index is 640. The van der Waals surface area contributed by atoms with Gasteiger partial charge >= 0.3 is 5.97 Å². The van der Waals surface area contributed by atoms with E-state index < -0.39 is 0 Å². The summed E-state index contributed by atoms with van der Waals surface area (Å²) < 4.78 is 4.84. The minimum Gasteiger partial charge on any atom is -0.466 e. The van der Waals surface area contributed by atoms with E-state index in [1.165, 1.54) is 0 Å². The van der Waals surface area contributed by atoms with E-state index in [0.717, 1.165) is 10.4 Å². The Labute approximate surface area is 144 Å². The van der Waals surface area contributed by atoms with Crippen molar-refractivity contribution in [3.8, 4) is 0 Å². The molecule has 2 rings (SSSR count). The largest absolute Gasteiger partial charge is 0.466 e. The van der Waals surface area contributed by atoms with Crippen LogP contribution in [-0.2, 0) is 14.3 Å². The third-order valence-electron chi connectivity index (χ3n) is 3.20. The van der Waals surface area contributed by atoms with Gasteiger partial charge in [-0.25, -0.2) is 0 Å². The lowest BCUT2D eigenvalue weighted by Gasteiger charge is -2.18. The van der Waals surface area contributed by atoms with Gasteiger partial charge in [-0.3, -0.25) is 9.59 Å². The van der Waals surface area contributed by atoms with Gasteiger partial charge in [-0.2, -0.15) is 0 Å². The summed E-state index contributed by atoms with van der Waals surface area (Å²) in [5.41, 5.74) is 0.946. The second-order valence-corrected chi connectivity index (χ2v) is 6.29. The van der Waals surface area contributed by atoms with E-state index in [1.807, 2.05) is 29.6 Å². The normalized spacial score (nSPS) is 11.7. The zero-order valence-electron chi connectivity index (χ0n) is 12.8. The average Bonchev–Trinajstić information content (AvgIpc) is 3.06. The lowest BCUT2D eigenvalue weighted by atomic mass is 10.1. The monoisotopic (exact) mass is 351 g/mol. The van der Waals surface area contributed by atoms with Crippen LogP contribution in [0.25, 0.3) is 0 Å². The van der Waals surface area contributed by atoms with Crippen molar-refractivity contribution in [2.24, 2.45) is 0 Å². The highest BCUT2D eigenvalue weighted by Crippen LogP contribution is 2.27. The highest BCUT2D eigenvalue weighted by atomic mass is 35.5. The molecule has 1 unspecified atom stereocenters. The Morgan fingerprint density at radius 3 is 2.57 bits per heavy atom. The summed E-state index contributed by atoms with van der Waals surface area (Å²) in [6, 6.07) is 11.0. The van der Waals surface area contributed by atoms with Gasteiger partial charge in [0.15, 0.2) is 0 Å². The van der Waals surface area contributed by atoms with Gasteiger partial charge in [0.25, 0.3) is 0 Å². The zero-order valence-corrected chi connectivity index (χ0v) is 14.3. The summed E-state index contributed by atoms with van der Waals surface area (Å²) in [4.78, 5) is 24.5. The number of ether oxygens (including phenoxy) is 1. The van der Waals surface area contributed by atoms with Gasteiger partial charge in [0.1, 0.15) is 0 Å². The molecule has 0 radical (unpaired) electrons. The maximum Gasteiger partial charge on any atom is 0.306 e. The van der Waals surface area contributed by atoms with Crippen LogP contribution in [0.4, 0.5) is 0 Å². The number of thiophene rings is 1. The number of nitrogens with one attached hydrogen (secondary N) is 1. The first-order valence-electron chi connectivity index (χ1n) is 7.34. The first-order chi connectivity index (χ1) is 11.1. The molecule has 0 fully saturated rings. The molecule has 2 aromatic rings. The molecular weight excluding hydrogens is 334 g/mol. The van der Waals surface area contributed by atoms with Crippen LogP contribution >= 0.6 is 22.9 Å². The molecule has 0 aliphatic rings. The van der Waals surface area contributed by atoms with Gasteiger partial charge in [-0.05, 0) is 36.1 Å². The summed E-state index contributed by atoms with van der Waals surface area (Å²) in [6.07, 6.45) is 0.186. The molecule has 1 aromatic carbocycles. The van der Waals surface area contributed by atoms with Crippen LogP contribution in [0, 0.1) is 0 Å². The van der Waals surface area contributed by atoms with Crippen molar-refractivity contribution in [1.29, 1.82) is 0 Å². The van der Waals surface area contributed by atoms with Crippen LogP contribution in [0.2, 0.25) is 5.02 Å². The van der Waals surface area contributed by atoms with Gasteiger partial charge in [0.2, 0.25) is 5.91 Å². The number of esters is 1. The third kappa shape index (κ3) is 5.37. The SMILES string of the molecule is CCOC(=O)CCC(=O)NC(c1ccc(Cl)cc1)c1cccs1. The summed E-state index contributed by atoms with van der Waals surface area (Å²) in [7, 11) is 0. The highest BCUT2D eigenvalue weighted by Gasteiger charge is 2.18. The van der Waals surface area contributed by atoms with Gasteiger partial charge in [0, 0.05) is 16.3 Å². The van der Waals surface area contributed by atoms with Crippen molar-refractivity contribution in [3.05, 3.63) is 57.2 Å². The summed E-state index contributed by atoms with van der Waals surface area (Å²) in [5, 5.41) is 5.58. The Kier molecular flexibility index (Phi) is 6.62. The molecular formula is C17H18ClNO3S. The molecule has 1 atom stereocenters. The van der Waals surface area contributed by atoms with E-state index in [0.29, 0.717) is 11.6 Å². The molecule has 1 heterocycles. The summed E-state index contributed by atoms with van der Waals surface area (Å²) >= 11 is 7.49. The number of benzene rings is 1. The number of halogens is 1. The molecule has 0 spiro atoms. The minimum atomic E-state index is -0.359. The first-order valence-corrected chi connectivity index (χ1v) is 8.59. The van der Waals surface area contributed by atoms with Crippen LogP contribution in [0.5, 0.6) is 0 Å². The lowest BCUT2D eigenvalue weighted by molar-refractivity contribution is -0.144. The second kappa shape index (κ2) is 8.70. The quantitative estimate of drug-likeness (QED) is 0.768. The van der Waals surface area contributed by atoms with Crippen LogP contribution in [-0.4, -0.2) is 18.5 Å². The number of carbonyl (C=O) groups is 2. The number of hydrogen-bond donors (Lipinski definition) is 1. The minimum absolute atomic E-state index is 0.0808. The topological polar surface area (TPSA) is 55.4 Å². The molecule has 0 saturated carbocycles.